The maximum atomic E-state index is 13.9. The van der Waals surface area contributed by atoms with Gasteiger partial charge in [0, 0.05) is 11.7 Å². The predicted molar refractivity (Wildman–Crippen MR) is 79.6 cm³/mol. The van der Waals surface area contributed by atoms with E-state index in [0.717, 1.165) is 31.4 Å². The highest BCUT2D eigenvalue weighted by atomic mass is 19.1. The van der Waals surface area contributed by atoms with E-state index in [1.54, 1.807) is 0 Å². The molecule has 4 heteroatoms. The summed E-state index contributed by atoms with van der Waals surface area (Å²) in [7, 11) is 0. The molecule has 112 valence electrons. The third-order valence-electron chi connectivity index (χ3n) is 3.97. The van der Waals surface area contributed by atoms with Crippen LogP contribution in [0.15, 0.2) is 12.1 Å². The Bertz CT molecular complexity index is 470. The third kappa shape index (κ3) is 3.41. The van der Waals surface area contributed by atoms with E-state index < -0.39 is 11.6 Å². The van der Waals surface area contributed by atoms with Gasteiger partial charge < -0.3 is 11.1 Å². The molecule has 0 bridgehead atoms. The number of hydrogen-bond acceptors (Lipinski definition) is 2. The Balaban J connectivity index is 2.22. The summed E-state index contributed by atoms with van der Waals surface area (Å²) < 4.78 is 27.7. The van der Waals surface area contributed by atoms with Gasteiger partial charge in [0.15, 0.2) is 11.6 Å². The van der Waals surface area contributed by atoms with Crippen molar-refractivity contribution in [2.75, 3.05) is 11.1 Å². The number of rotatable bonds is 2. The van der Waals surface area contributed by atoms with E-state index in [-0.39, 0.29) is 28.2 Å². The zero-order valence-electron chi connectivity index (χ0n) is 12.7. The average molecular weight is 282 g/mol. The smallest absolute Gasteiger partial charge is 0.151 e. The second-order valence-corrected chi connectivity index (χ2v) is 7.61. The number of anilines is 2. The van der Waals surface area contributed by atoms with Gasteiger partial charge in [0.1, 0.15) is 5.69 Å². The lowest BCUT2D eigenvalue weighted by molar-refractivity contribution is 0.105. The van der Waals surface area contributed by atoms with Crippen LogP contribution in [0.2, 0.25) is 0 Å². The topological polar surface area (TPSA) is 38.0 Å². The lowest BCUT2D eigenvalue weighted by atomic mass is 9.63. The van der Waals surface area contributed by atoms with Gasteiger partial charge in [-0.15, -0.1) is 0 Å². The van der Waals surface area contributed by atoms with Crippen LogP contribution in [0, 0.1) is 22.5 Å². The van der Waals surface area contributed by atoms with Crippen LogP contribution in [0.3, 0.4) is 0 Å². The second-order valence-electron chi connectivity index (χ2n) is 7.61. The van der Waals surface area contributed by atoms with E-state index in [1.807, 2.05) is 0 Å². The first kappa shape index (κ1) is 15.1. The van der Waals surface area contributed by atoms with Crippen LogP contribution in [-0.4, -0.2) is 6.04 Å². The first-order valence-electron chi connectivity index (χ1n) is 7.09. The van der Waals surface area contributed by atoms with Gasteiger partial charge in [-0.2, -0.15) is 0 Å². The molecule has 0 unspecified atom stereocenters. The van der Waals surface area contributed by atoms with Gasteiger partial charge in [0.2, 0.25) is 0 Å². The van der Waals surface area contributed by atoms with Crippen molar-refractivity contribution in [2.45, 2.75) is 53.0 Å². The van der Waals surface area contributed by atoms with E-state index >= 15 is 0 Å². The fourth-order valence-corrected chi connectivity index (χ4v) is 3.88. The highest BCUT2D eigenvalue weighted by Gasteiger charge is 2.38. The molecule has 0 atom stereocenters. The van der Waals surface area contributed by atoms with Crippen LogP contribution in [-0.2, 0) is 0 Å². The van der Waals surface area contributed by atoms with Crippen molar-refractivity contribution in [3.8, 4) is 0 Å². The standard InChI is InChI=1S/C16H24F2N2/c1-15(2)7-11(8-16(3,4)9-15)20-14-12(17)5-10(19)6-13(14)18/h5-6,11,20H,7-9,19H2,1-4H3. The average Bonchev–Trinajstić information content (AvgIpc) is 2.18. The van der Waals surface area contributed by atoms with Crippen LogP contribution < -0.4 is 11.1 Å². The molecule has 3 N–H and O–H groups in total. The maximum Gasteiger partial charge on any atom is 0.151 e. The largest absolute Gasteiger partial charge is 0.399 e. The van der Waals surface area contributed by atoms with Crippen molar-refractivity contribution >= 4 is 11.4 Å². The summed E-state index contributed by atoms with van der Waals surface area (Å²) in [4.78, 5) is 0. The summed E-state index contributed by atoms with van der Waals surface area (Å²) in [5.74, 6) is -1.24. The molecule has 0 saturated heterocycles. The molecule has 0 heterocycles. The predicted octanol–water partition coefficient (Wildman–Crippen LogP) is 4.56. The molecular formula is C16H24F2N2. The van der Waals surface area contributed by atoms with E-state index in [2.05, 4.69) is 33.0 Å². The molecule has 1 aliphatic rings. The zero-order chi connectivity index (χ0) is 15.1. The molecule has 1 saturated carbocycles. The fourth-order valence-electron chi connectivity index (χ4n) is 3.88. The third-order valence-corrected chi connectivity index (χ3v) is 3.97. The van der Waals surface area contributed by atoms with Crippen molar-refractivity contribution in [2.24, 2.45) is 10.8 Å². The van der Waals surface area contributed by atoms with Gasteiger partial charge in [-0.1, -0.05) is 27.7 Å². The molecule has 1 aliphatic carbocycles. The first-order valence-corrected chi connectivity index (χ1v) is 7.09. The summed E-state index contributed by atoms with van der Waals surface area (Å²) in [6.45, 7) is 8.83. The summed E-state index contributed by atoms with van der Waals surface area (Å²) in [6, 6.07) is 2.39. The van der Waals surface area contributed by atoms with Crippen LogP contribution in [0.4, 0.5) is 20.2 Å². The monoisotopic (exact) mass is 282 g/mol. The van der Waals surface area contributed by atoms with Crippen molar-refractivity contribution in [1.29, 1.82) is 0 Å². The van der Waals surface area contributed by atoms with Gasteiger partial charge in [-0.3, -0.25) is 0 Å². The molecule has 0 radical (unpaired) electrons. The van der Waals surface area contributed by atoms with Gasteiger partial charge in [0.25, 0.3) is 0 Å². The maximum absolute atomic E-state index is 13.9. The number of nitrogens with two attached hydrogens (primary N) is 1. The molecule has 0 aliphatic heterocycles. The molecule has 20 heavy (non-hydrogen) atoms. The van der Waals surface area contributed by atoms with Crippen LogP contribution >= 0.6 is 0 Å². The minimum atomic E-state index is -0.622. The normalized spacial score (nSPS) is 21.7. The fraction of sp³-hybridized carbons (Fsp3) is 0.625. The van der Waals surface area contributed by atoms with Crippen molar-refractivity contribution in [3.05, 3.63) is 23.8 Å². The molecular weight excluding hydrogens is 258 g/mol. The molecule has 0 aromatic heterocycles. The van der Waals surface area contributed by atoms with Crippen molar-refractivity contribution in [1.82, 2.24) is 0 Å². The number of benzene rings is 1. The van der Waals surface area contributed by atoms with E-state index in [1.165, 1.54) is 0 Å². The number of hydrogen-bond donors (Lipinski definition) is 2. The Kier molecular flexibility index (Phi) is 3.69. The molecule has 1 aromatic carbocycles. The van der Waals surface area contributed by atoms with E-state index in [4.69, 9.17) is 5.73 Å². The Morgan fingerprint density at radius 3 is 1.95 bits per heavy atom. The minimum absolute atomic E-state index is 0.0577. The molecule has 2 rings (SSSR count). The van der Waals surface area contributed by atoms with Gasteiger partial charge in [-0.25, -0.2) is 8.78 Å². The first-order chi connectivity index (χ1) is 9.08. The van der Waals surface area contributed by atoms with Crippen LogP contribution in [0.25, 0.3) is 0 Å². The zero-order valence-corrected chi connectivity index (χ0v) is 12.7. The number of nitrogens with one attached hydrogen (secondary N) is 1. The molecule has 1 aromatic rings. The molecule has 1 fully saturated rings. The molecule has 0 spiro atoms. The summed E-state index contributed by atoms with van der Waals surface area (Å²) >= 11 is 0. The van der Waals surface area contributed by atoms with Gasteiger partial charge in [0.05, 0.1) is 0 Å². The molecule has 2 nitrogen and oxygen atoms in total. The number of halogens is 2. The summed E-state index contributed by atoms with van der Waals surface area (Å²) in [5.41, 5.74) is 5.82. The number of nitrogen functional groups attached to an aromatic ring is 1. The second kappa shape index (κ2) is 4.90. The Morgan fingerprint density at radius 2 is 1.50 bits per heavy atom. The lowest BCUT2D eigenvalue weighted by Crippen LogP contribution is -2.40. The van der Waals surface area contributed by atoms with Gasteiger partial charge >= 0.3 is 0 Å². The van der Waals surface area contributed by atoms with Crippen molar-refractivity contribution in [3.63, 3.8) is 0 Å². The quantitative estimate of drug-likeness (QED) is 0.780. The Labute approximate surface area is 119 Å². The molecule has 0 amide bonds. The highest BCUT2D eigenvalue weighted by Crippen LogP contribution is 2.46. The highest BCUT2D eigenvalue weighted by molar-refractivity contribution is 5.54. The van der Waals surface area contributed by atoms with E-state index in [0.29, 0.717) is 0 Å². The van der Waals surface area contributed by atoms with Crippen molar-refractivity contribution < 1.29 is 8.78 Å². The van der Waals surface area contributed by atoms with Crippen LogP contribution in [0.1, 0.15) is 47.0 Å². The minimum Gasteiger partial charge on any atom is -0.399 e. The lowest BCUT2D eigenvalue weighted by Gasteiger charge is -2.45. The van der Waals surface area contributed by atoms with E-state index in [9.17, 15) is 8.78 Å². The summed E-state index contributed by atoms with van der Waals surface area (Å²) in [5, 5.41) is 3.05. The van der Waals surface area contributed by atoms with Gasteiger partial charge in [-0.05, 0) is 42.2 Å². The van der Waals surface area contributed by atoms with Crippen LogP contribution in [0.5, 0.6) is 0 Å². The SMILES string of the molecule is CC1(C)CC(Nc2c(F)cc(N)cc2F)CC(C)(C)C1. The Hall–Kier alpha value is -1.32. The summed E-state index contributed by atoms with van der Waals surface area (Å²) in [6.07, 6.45) is 2.92. The Morgan fingerprint density at radius 1 is 1.05 bits per heavy atom.